The zero-order valence-corrected chi connectivity index (χ0v) is 15.2. The third-order valence-electron chi connectivity index (χ3n) is 4.39. The molecule has 0 saturated carbocycles. The van der Waals surface area contributed by atoms with Crippen molar-refractivity contribution in [1.29, 1.82) is 0 Å². The molecule has 1 N–H and O–H groups in total. The fourth-order valence-electron chi connectivity index (χ4n) is 2.86. The first-order valence-corrected chi connectivity index (χ1v) is 9.38. The van der Waals surface area contributed by atoms with Gasteiger partial charge < -0.3 is 9.88 Å². The van der Waals surface area contributed by atoms with Crippen LogP contribution < -0.4 is 5.32 Å². The Labute approximate surface area is 155 Å². The Bertz CT molecular complexity index is 1000. The van der Waals surface area contributed by atoms with Gasteiger partial charge in [-0.05, 0) is 13.3 Å². The third kappa shape index (κ3) is 3.25. The molecule has 132 valence electrons. The lowest BCUT2D eigenvalue weighted by Gasteiger charge is -2.13. The molecule has 0 unspecified atom stereocenters. The second-order valence-electron chi connectivity index (χ2n) is 6.17. The van der Waals surface area contributed by atoms with Crippen LogP contribution in [0.15, 0.2) is 60.6 Å². The monoisotopic (exact) mass is 365 g/mol. The summed E-state index contributed by atoms with van der Waals surface area (Å²) in [7, 11) is 0. The van der Waals surface area contributed by atoms with Crippen molar-refractivity contribution in [2.75, 3.05) is 6.54 Å². The summed E-state index contributed by atoms with van der Waals surface area (Å²) in [5, 5.41) is 4.86. The van der Waals surface area contributed by atoms with Gasteiger partial charge in [-0.2, -0.15) is 0 Å². The second kappa shape index (κ2) is 7.13. The van der Waals surface area contributed by atoms with Crippen LogP contribution in [-0.2, 0) is 0 Å². The maximum atomic E-state index is 12.6. The third-order valence-corrected chi connectivity index (χ3v) is 5.23. The molecule has 0 spiro atoms. The highest BCUT2D eigenvalue weighted by atomic mass is 32.1. The van der Waals surface area contributed by atoms with E-state index in [0.29, 0.717) is 18.3 Å². The number of aromatic nitrogens is 4. The highest BCUT2D eigenvalue weighted by Gasteiger charge is 2.15. The van der Waals surface area contributed by atoms with E-state index in [9.17, 15) is 4.79 Å². The van der Waals surface area contributed by atoms with Gasteiger partial charge in [-0.25, -0.2) is 9.97 Å². The molecule has 0 fully saturated rings. The number of nitrogens with one attached hydrogen (secondary N) is 1. The smallest absolute Gasteiger partial charge is 0.269 e. The van der Waals surface area contributed by atoms with Gasteiger partial charge in [0.2, 0.25) is 0 Å². The van der Waals surface area contributed by atoms with Gasteiger partial charge in [0.05, 0.1) is 12.0 Å². The van der Waals surface area contributed by atoms with Crippen LogP contribution in [0.1, 0.15) is 29.9 Å². The molecule has 4 aromatic rings. The van der Waals surface area contributed by atoms with Gasteiger partial charge in [0.25, 0.3) is 5.91 Å². The van der Waals surface area contributed by atoms with E-state index in [1.807, 2.05) is 57.1 Å². The number of carbonyl (C=O) groups is 1. The zero-order chi connectivity index (χ0) is 17.9. The van der Waals surface area contributed by atoms with Gasteiger partial charge in [0.1, 0.15) is 5.69 Å². The van der Waals surface area contributed by atoms with Crippen LogP contribution in [0.4, 0.5) is 0 Å². The maximum absolute atomic E-state index is 12.6. The number of benzene rings is 1. The van der Waals surface area contributed by atoms with Gasteiger partial charge in [0.15, 0.2) is 4.96 Å². The summed E-state index contributed by atoms with van der Waals surface area (Å²) >= 11 is 1.47. The Balaban J connectivity index is 1.44. The molecule has 3 aromatic heterocycles. The van der Waals surface area contributed by atoms with Crippen molar-refractivity contribution < 1.29 is 4.79 Å². The second-order valence-corrected chi connectivity index (χ2v) is 7.01. The summed E-state index contributed by atoms with van der Waals surface area (Å²) in [6.07, 6.45) is 8.26. The van der Waals surface area contributed by atoms with Crippen LogP contribution in [-0.4, -0.2) is 31.4 Å². The Morgan fingerprint density at radius 1 is 1.31 bits per heavy atom. The van der Waals surface area contributed by atoms with Gasteiger partial charge in [-0.3, -0.25) is 9.20 Å². The van der Waals surface area contributed by atoms with E-state index in [1.54, 1.807) is 12.5 Å². The number of hydrogen-bond acceptors (Lipinski definition) is 4. The SMILES string of the molecule is C[C@@H](CCNC(=O)c1csc2nc(-c3ccccc3)cn12)n1ccnc1. The summed E-state index contributed by atoms with van der Waals surface area (Å²) in [5.41, 5.74) is 2.54. The van der Waals surface area contributed by atoms with Gasteiger partial charge in [-0.1, -0.05) is 30.3 Å². The topological polar surface area (TPSA) is 64.2 Å². The van der Waals surface area contributed by atoms with E-state index in [1.165, 1.54) is 11.3 Å². The molecule has 1 atom stereocenters. The Morgan fingerprint density at radius 3 is 2.92 bits per heavy atom. The molecule has 0 saturated heterocycles. The van der Waals surface area contributed by atoms with Crippen LogP contribution in [0.3, 0.4) is 0 Å². The molecule has 0 radical (unpaired) electrons. The predicted molar refractivity (Wildman–Crippen MR) is 102 cm³/mol. The van der Waals surface area contributed by atoms with Crippen molar-refractivity contribution >= 4 is 22.2 Å². The van der Waals surface area contributed by atoms with E-state index in [-0.39, 0.29) is 5.91 Å². The molecular weight excluding hydrogens is 346 g/mol. The van der Waals surface area contributed by atoms with Crippen molar-refractivity contribution in [1.82, 2.24) is 24.3 Å². The number of rotatable bonds is 6. The number of nitrogens with zero attached hydrogens (tertiary/aromatic N) is 4. The summed E-state index contributed by atoms with van der Waals surface area (Å²) in [4.78, 5) is 22.1. The summed E-state index contributed by atoms with van der Waals surface area (Å²) in [5.74, 6) is -0.0777. The van der Waals surface area contributed by atoms with E-state index in [2.05, 4.69) is 22.2 Å². The van der Waals surface area contributed by atoms with Crippen molar-refractivity contribution in [3.63, 3.8) is 0 Å². The van der Waals surface area contributed by atoms with Crippen LogP contribution >= 0.6 is 11.3 Å². The number of thiazole rings is 1. The number of carbonyl (C=O) groups excluding carboxylic acids is 1. The van der Waals surface area contributed by atoms with Crippen molar-refractivity contribution in [2.45, 2.75) is 19.4 Å². The largest absolute Gasteiger partial charge is 0.351 e. The minimum Gasteiger partial charge on any atom is -0.351 e. The molecule has 1 aromatic carbocycles. The van der Waals surface area contributed by atoms with E-state index < -0.39 is 0 Å². The first-order chi connectivity index (χ1) is 12.7. The number of amides is 1. The molecule has 0 aliphatic rings. The molecule has 4 rings (SSSR count). The summed E-state index contributed by atoms with van der Waals surface area (Å²) in [6.45, 7) is 2.72. The molecule has 0 aliphatic carbocycles. The summed E-state index contributed by atoms with van der Waals surface area (Å²) in [6, 6.07) is 10.3. The Kier molecular flexibility index (Phi) is 4.53. The fraction of sp³-hybridized carbons (Fsp3) is 0.211. The van der Waals surface area contributed by atoms with E-state index in [0.717, 1.165) is 22.6 Å². The molecule has 0 bridgehead atoms. The molecule has 3 heterocycles. The van der Waals surface area contributed by atoms with Crippen LogP contribution in [0.2, 0.25) is 0 Å². The standard InChI is InChI=1S/C19H19N5OS/c1-14(23-10-9-20-13-23)7-8-21-18(25)17-12-26-19-22-16(11-24(17)19)15-5-3-2-4-6-15/h2-6,9-14H,7-8H2,1H3,(H,21,25)/t14-/m0/s1. The van der Waals surface area contributed by atoms with Crippen LogP contribution in [0.5, 0.6) is 0 Å². The van der Waals surface area contributed by atoms with E-state index in [4.69, 9.17) is 0 Å². The van der Waals surface area contributed by atoms with E-state index >= 15 is 0 Å². The molecular formula is C19H19N5OS. The van der Waals surface area contributed by atoms with Crippen LogP contribution in [0.25, 0.3) is 16.2 Å². The Morgan fingerprint density at radius 2 is 2.15 bits per heavy atom. The first-order valence-electron chi connectivity index (χ1n) is 8.50. The van der Waals surface area contributed by atoms with Crippen molar-refractivity contribution in [3.8, 4) is 11.3 Å². The van der Waals surface area contributed by atoms with Gasteiger partial charge in [0, 0.05) is 42.1 Å². The molecule has 1 amide bonds. The van der Waals surface area contributed by atoms with Crippen LogP contribution in [0, 0.1) is 0 Å². The summed E-state index contributed by atoms with van der Waals surface area (Å²) < 4.78 is 3.90. The molecule has 6 nitrogen and oxygen atoms in total. The first kappa shape index (κ1) is 16.5. The van der Waals surface area contributed by atoms with Gasteiger partial charge >= 0.3 is 0 Å². The lowest BCUT2D eigenvalue weighted by Crippen LogP contribution is -2.27. The lowest BCUT2D eigenvalue weighted by molar-refractivity contribution is 0.0946. The normalized spacial score (nSPS) is 12.3. The average Bonchev–Trinajstić information content (AvgIpc) is 3.39. The number of imidazole rings is 2. The number of hydrogen-bond donors (Lipinski definition) is 1. The van der Waals surface area contributed by atoms with Crippen molar-refractivity contribution in [3.05, 3.63) is 66.3 Å². The lowest BCUT2D eigenvalue weighted by atomic mass is 10.2. The van der Waals surface area contributed by atoms with Gasteiger partial charge in [-0.15, -0.1) is 11.3 Å². The minimum atomic E-state index is -0.0777. The highest BCUT2D eigenvalue weighted by Crippen LogP contribution is 2.23. The number of fused-ring (bicyclic) bond motifs is 1. The fourth-order valence-corrected chi connectivity index (χ4v) is 3.71. The average molecular weight is 365 g/mol. The predicted octanol–water partition coefficient (Wildman–Crippen LogP) is 3.64. The zero-order valence-electron chi connectivity index (χ0n) is 14.4. The molecule has 7 heteroatoms. The maximum Gasteiger partial charge on any atom is 0.269 e. The molecule has 0 aliphatic heterocycles. The quantitative estimate of drug-likeness (QED) is 0.567. The highest BCUT2D eigenvalue weighted by molar-refractivity contribution is 7.15. The Hall–Kier alpha value is -2.93. The minimum absolute atomic E-state index is 0.0777. The van der Waals surface area contributed by atoms with Crippen molar-refractivity contribution in [2.24, 2.45) is 0 Å². The molecule has 26 heavy (non-hydrogen) atoms.